The van der Waals surface area contributed by atoms with Crippen molar-refractivity contribution in [3.8, 4) is 0 Å². The van der Waals surface area contributed by atoms with Gasteiger partial charge >= 0.3 is 0 Å². The molecule has 0 spiro atoms. The molecule has 0 aromatic heterocycles. The molecule has 0 aromatic rings. The van der Waals surface area contributed by atoms with Gasteiger partial charge in [0.05, 0.1) is 6.61 Å². The smallest absolute Gasteiger partial charge is 0.0616 e. The zero-order chi connectivity index (χ0) is 14.1. The highest BCUT2D eigenvalue weighted by Gasteiger charge is 2.42. The normalized spacial score (nSPS) is 27.3. The fourth-order valence-corrected chi connectivity index (χ4v) is 3.22. The Bertz CT molecular complexity index is 235. The summed E-state index contributed by atoms with van der Waals surface area (Å²) in [6.07, 6.45) is 5.47. The highest BCUT2D eigenvalue weighted by molar-refractivity contribution is 4.99. The number of hydrogen-bond acceptors (Lipinski definition) is 4. The van der Waals surface area contributed by atoms with Crippen LogP contribution in [0.15, 0.2) is 0 Å². The van der Waals surface area contributed by atoms with Crippen molar-refractivity contribution in [3.63, 3.8) is 0 Å². The van der Waals surface area contributed by atoms with Crippen molar-refractivity contribution >= 4 is 0 Å². The number of rotatable bonds is 10. The van der Waals surface area contributed by atoms with E-state index in [-0.39, 0.29) is 12.1 Å². The number of hydrogen-bond donors (Lipinski definition) is 2. The molecule has 0 aromatic carbocycles. The topological polar surface area (TPSA) is 50.7 Å². The van der Waals surface area contributed by atoms with E-state index in [0.717, 1.165) is 39.1 Å². The van der Waals surface area contributed by atoms with Gasteiger partial charge in [-0.25, -0.2) is 0 Å². The van der Waals surface area contributed by atoms with Crippen LogP contribution < -0.4 is 5.32 Å². The Hall–Kier alpha value is -0.160. The summed E-state index contributed by atoms with van der Waals surface area (Å²) in [5.41, 5.74) is -0.0793. The lowest BCUT2D eigenvalue weighted by Gasteiger charge is -2.37. The monoisotopic (exact) mass is 273 g/mol. The van der Waals surface area contributed by atoms with Gasteiger partial charge in [0.25, 0.3) is 0 Å². The quantitative estimate of drug-likeness (QED) is 0.597. The average Bonchev–Trinajstić information content (AvgIpc) is 2.76. The van der Waals surface area contributed by atoms with Gasteiger partial charge in [-0.05, 0) is 31.6 Å². The van der Waals surface area contributed by atoms with E-state index in [1.165, 1.54) is 12.8 Å². The van der Waals surface area contributed by atoms with E-state index in [2.05, 4.69) is 19.2 Å². The molecule has 2 atom stereocenters. The van der Waals surface area contributed by atoms with E-state index < -0.39 is 0 Å². The molecule has 1 rings (SSSR count). The van der Waals surface area contributed by atoms with Gasteiger partial charge in [-0.3, -0.25) is 0 Å². The summed E-state index contributed by atoms with van der Waals surface area (Å²) < 4.78 is 10.6. The van der Waals surface area contributed by atoms with E-state index in [1.807, 2.05) is 0 Å². The van der Waals surface area contributed by atoms with Crippen molar-refractivity contribution < 1.29 is 14.6 Å². The van der Waals surface area contributed by atoms with Crippen LogP contribution in [-0.2, 0) is 9.47 Å². The Kier molecular flexibility index (Phi) is 7.91. The Morgan fingerprint density at radius 3 is 2.74 bits per heavy atom. The highest BCUT2D eigenvalue weighted by Crippen LogP contribution is 2.38. The first-order valence-electron chi connectivity index (χ1n) is 7.60. The Labute approximate surface area is 117 Å². The van der Waals surface area contributed by atoms with Gasteiger partial charge in [0, 0.05) is 38.5 Å². The molecule has 0 bridgehead atoms. The van der Waals surface area contributed by atoms with E-state index in [9.17, 15) is 5.11 Å². The summed E-state index contributed by atoms with van der Waals surface area (Å²) in [6, 6.07) is 0.412. The van der Waals surface area contributed by atoms with Crippen LogP contribution in [0.2, 0.25) is 0 Å². The van der Waals surface area contributed by atoms with E-state index in [0.29, 0.717) is 12.0 Å². The number of aliphatic hydroxyl groups is 1. The van der Waals surface area contributed by atoms with E-state index in [4.69, 9.17) is 9.47 Å². The molecule has 0 radical (unpaired) electrons. The van der Waals surface area contributed by atoms with Gasteiger partial charge in [-0.15, -0.1) is 0 Å². The van der Waals surface area contributed by atoms with Crippen LogP contribution in [0.25, 0.3) is 0 Å². The van der Waals surface area contributed by atoms with Gasteiger partial charge in [0.2, 0.25) is 0 Å². The molecule has 0 heterocycles. The first-order valence-corrected chi connectivity index (χ1v) is 7.60. The van der Waals surface area contributed by atoms with Gasteiger partial charge in [0.15, 0.2) is 0 Å². The van der Waals surface area contributed by atoms with Crippen LogP contribution in [-0.4, -0.2) is 50.2 Å². The summed E-state index contributed by atoms with van der Waals surface area (Å²) in [4.78, 5) is 0. The molecule has 2 N–H and O–H groups in total. The van der Waals surface area contributed by atoms with E-state index in [1.54, 1.807) is 7.11 Å². The van der Waals surface area contributed by atoms with Crippen molar-refractivity contribution in [2.45, 2.75) is 57.5 Å². The SMILES string of the molecule is COCCCOCCC1CCCC1(CO)NC(C)C. The predicted molar refractivity (Wildman–Crippen MR) is 77.4 cm³/mol. The number of aliphatic hydroxyl groups excluding tert-OH is 1. The van der Waals surface area contributed by atoms with E-state index >= 15 is 0 Å². The molecule has 4 nitrogen and oxygen atoms in total. The molecular weight excluding hydrogens is 242 g/mol. The van der Waals surface area contributed by atoms with Crippen LogP contribution in [0.3, 0.4) is 0 Å². The molecule has 0 amide bonds. The van der Waals surface area contributed by atoms with Crippen molar-refractivity contribution in [1.29, 1.82) is 0 Å². The second-order valence-electron chi connectivity index (χ2n) is 5.95. The van der Waals surface area contributed by atoms with Crippen LogP contribution >= 0.6 is 0 Å². The highest BCUT2D eigenvalue weighted by atomic mass is 16.5. The Morgan fingerprint density at radius 2 is 2.11 bits per heavy atom. The predicted octanol–water partition coefficient (Wildman–Crippen LogP) is 1.96. The minimum absolute atomic E-state index is 0.0793. The van der Waals surface area contributed by atoms with Crippen LogP contribution in [0, 0.1) is 5.92 Å². The Balaban J connectivity index is 2.30. The third kappa shape index (κ3) is 5.38. The summed E-state index contributed by atoms with van der Waals surface area (Å²) in [5.74, 6) is 0.530. The van der Waals surface area contributed by atoms with Gasteiger partial charge in [-0.2, -0.15) is 0 Å². The summed E-state index contributed by atoms with van der Waals surface area (Å²) >= 11 is 0. The minimum atomic E-state index is -0.0793. The maximum atomic E-state index is 9.79. The first kappa shape index (κ1) is 16.9. The van der Waals surface area contributed by atoms with Gasteiger partial charge in [-0.1, -0.05) is 20.3 Å². The zero-order valence-electron chi connectivity index (χ0n) is 12.8. The molecule has 1 saturated carbocycles. The third-order valence-electron chi connectivity index (χ3n) is 4.06. The molecule has 4 heteroatoms. The van der Waals surface area contributed by atoms with Crippen LogP contribution in [0.4, 0.5) is 0 Å². The molecular formula is C15H31NO3. The Morgan fingerprint density at radius 1 is 1.32 bits per heavy atom. The van der Waals surface area contributed by atoms with Crippen LogP contribution in [0.1, 0.15) is 46.0 Å². The summed E-state index contributed by atoms with van der Waals surface area (Å²) in [7, 11) is 1.71. The molecule has 0 aliphatic heterocycles. The maximum Gasteiger partial charge on any atom is 0.0616 e. The molecule has 1 aliphatic carbocycles. The fourth-order valence-electron chi connectivity index (χ4n) is 3.22. The third-order valence-corrected chi connectivity index (χ3v) is 4.06. The second-order valence-corrected chi connectivity index (χ2v) is 5.95. The lowest BCUT2D eigenvalue weighted by atomic mass is 9.85. The number of ether oxygens (including phenoxy) is 2. The van der Waals surface area contributed by atoms with Crippen molar-refractivity contribution in [3.05, 3.63) is 0 Å². The van der Waals surface area contributed by atoms with Crippen molar-refractivity contribution in [2.24, 2.45) is 5.92 Å². The fraction of sp³-hybridized carbons (Fsp3) is 1.00. The lowest BCUT2D eigenvalue weighted by molar-refractivity contribution is 0.0657. The molecule has 114 valence electrons. The van der Waals surface area contributed by atoms with Crippen molar-refractivity contribution in [2.75, 3.05) is 33.5 Å². The average molecular weight is 273 g/mol. The lowest BCUT2D eigenvalue weighted by Crippen LogP contribution is -2.54. The van der Waals surface area contributed by atoms with Gasteiger partial charge < -0.3 is 19.9 Å². The van der Waals surface area contributed by atoms with Crippen LogP contribution in [0.5, 0.6) is 0 Å². The standard InChI is InChI=1S/C15H31NO3/c1-13(2)16-15(12-17)8-4-6-14(15)7-11-19-10-5-9-18-3/h13-14,16-17H,4-12H2,1-3H3. The zero-order valence-corrected chi connectivity index (χ0v) is 12.8. The number of nitrogens with one attached hydrogen (secondary N) is 1. The molecule has 1 aliphatic rings. The minimum Gasteiger partial charge on any atom is -0.394 e. The molecule has 0 saturated heterocycles. The maximum absolute atomic E-state index is 9.79. The second kappa shape index (κ2) is 8.90. The first-order chi connectivity index (χ1) is 9.14. The molecule has 1 fully saturated rings. The summed E-state index contributed by atoms with van der Waals surface area (Å²) in [5, 5.41) is 13.4. The van der Waals surface area contributed by atoms with Crippen molar-refractivity contribution in [1.82, 2.24) is 5.32 Å². The number of methoxy groups -OCH3 is 1. The largest absolute Gasteiger partial charge is 0.394 e. The summed E-state index contributed by atoms with van der Waals surface area (Å²) in [6.45, 7) is 6.85. The molecule has 2 unspecified atom stereocenters. The van der Waals surface area contributed by atoms with Gasteiger partial charge in [0.1, 0.15) is 0 Å². The molecule has 19 heavy (non-hydrogen) atoms.